The highest BCUT2D eigenvalue weighted by Gasteiger charge is 2.40. The molecular weight excluding hydrogens is 236 g/mol. The third kappa shape index (κ3) is 3.57. The maximum atomic E-state index is 11.6. The summed E-state index contributed by atoms with van der Waals surface area (Å²) in [6.07, 6.45) is 1.37. The summed E-state index contributed by atoms with van der Waals surface area (Å²) in [4.78, 5) is 16.8. The number of carbonyl (C=O) groups excluding carboxylic acids is 1. The van der Waals surface area contributed by atoms with Crippen molar-refractivity contribution in [2.45, 2.75) is 44.9 Å². The molecule has 0 aromatic carbocycles. The van der Waals surface area contributed by atoms with Crippen molar-refractivity contribution in [3.63, 3.8) is 0 Å². The van der Waals surface area contributed by atoms with Gasteiger partial charge in [-0.2, -0.15) is 0 Å². The van der Waals surface area contributed by atoms with Gasteiger partial charge in [0.25, 0.3) is 0 Å². The Labute approximate surface area is 108 Å². The molecule has 18 heavy (non-hydrogen) atoms. The average Bonchev–Trinajstić information content (AvgIpc) is 2.63. The van der Waals surface area contributed by atoms with Gasteiger partial charge < -0.3 is 14.3 Å². The van der Waals surface area contributed by atoms with E-state index in [2.05, 4.69) is 5.32 Å². The zero-order valence-corrected chi connectivity index (χ0v) is 11.3. The molecule has 0 aromatic rings. The Bertz CT molecular complexity index is 308. The van der Waals surface area contributed by atoms with Crippen LogP contribution >= 0.6 is 0 Å². The first-order valence-corrected chi connectivity index (χ1v) is 6.43. The van der Waals surface area contributed by atoms with Crippen LogP contribution in [0.2, 0.25) is 0 Å². The second kappa shape index (κ2) is 5.03. The van der Waals surface area contributed by atoms with Crippen LogP contribution in [-0.2, 0) is 14.3 Å². The van der Waals surface area contributed by atoms with Crippen LogP contribution in [-0.4, -0.2) is 48.8 Å². The van der Waals surface area contributed by atoms with Gasteiger partial charge in [-0.1, -0.05) is 0 Å². The zero-order valence-electron chi connectivity index (χ0n) is 11.3. The summed E-state index contributed by atoms with van der Waals surface area (Å²) in [5.41, 5.74) is -0.882. The van der Waals surface area contributed by atoms with Crippen LogP contribution in [0.5, 0.6) is 0 Å². The molecule has 0 bridgehead atoms. The number of rotatable bonds is 1. The minimum Gasteiger partial charge on any atom is -0.427 e. The molecule has 0 aromatic heterocycles. The van der Waals surface area contributed by atoms with Gasteiger partial charge in [0.1, 0.15) is 11.3 Å². The summed E-state index contributed by atoms with van der Waals surface area (Å²) in [5.74, 6) is 0. The van der Waals surface area contributed by atoms with Crippen LogP contribution in [0.15, 0.2) is 0 Å². The molecule has 1 unspecified atom stereocenters. The van der Waals surface area contributed by atoms with E-state index in [0.29, 0.717) is 19.7 Å². The Kier molecular flexibility index (Phi) is 3.79. The van der Waals surface area contributed by atoms with E-state index in [0.717, 1.165) is 19.4 Å². The Morgan fingerprint density at radius 1 is 1.44 bits per heavy atom. The molecule has 6 nitrogen and oxygen atoms in total. The molecule has 2 heterocycles. The standard InChI is InChI=1S/C12H22N2O4/c1-11(2,3)17-10(15)18-14-7-8-16-12(9-14)5-4-6-13-12/h13H,4-9H2,1-3H3. The number of hydroxylamine groups is 2. The quantitative estimate of drug-likeness (QED) is 0.715. The lowest BCUT2D eigenvalue weighted by Gasteiger charge is -2.39. The monoisotopic (exact) mass is 258 g/mol. The van der Waals surface area contributed by atoms with Crippen molar-refractivity contribution in [3.05, 3.63) is 0 Å². The van der Waals surface area contributed by atoms with Crippen molar-refractivity contribution in [1.82, 2.24) is 10.4 Å². The van der Waals surface area contributed by atoms with E-state index >= 15 is 0 Å². The summed E-state index contributed by atoms with van der Waals surface area (Å²) in [6, 6.07) is 0. The molecule has 2 saturated heterocycles. The first-order valence-electron chi connectivity index (χ1n) is 6.43. The molecule has 2 aliphatic heterocycles. The zero-order chi connectivity index (χ0) is 13.2. The predicted molar refractivity (Wildman–Crippen MR) is 64.8 cm³/mol. The summed E-state index contributed by atoms with van der Waals surface area (Å²) in [7, 11) is 0. The lowest BCUT2D eigenvalue weighted by atomic mass is 10.1. The third-order valence-corrected chi connectivity index (χ3v) is 2.95. The fraction of sp³-hybridized carbons (Fsp3) is 0.917. The van der Waals surface area contributed by atoms with Crippen LogP contribution < -0.4 is 5.32 Å². The van der Waals surface area contributed by atoms with Gasteiger partial charge in [-0.05, 0) is 40.2 Å². The highest BCUT2D eigenvalue weighted by Crippen LogP contribution is 2.25. The third-order valence-electron chi connectivity index (χ3n) is 2.95. The van der Waals surface area contributed by atoms with Crippen molar-refractivity contribution in [2.24, 2.45) is 0 Å². The fourth-order valence-corrected chi connectivity index (χ4v) is 2.24. The van der Waals surface area contributed by atoms with Crippen molar-refractivity contribution >= 4 is 6.16 Å². The molecule has 6 heteroatoms. The van der Waals surface area contributed by atoms with E-state index in [1.165, 1.54) is 0 Å². The topological polar surface area (TPSA) is 60.0 Å². The van der Waals surface area contributed by atoms with E-state index in [1.54, 1.807) is 5.06 Å². The largest absolute Gasteiger partial charge is 0.528 e. The van der Waals surface area contributed by atoms with Crippen LogP contribution in [0.3, 0.4) is 0 Å². The molecule has 104 valence electrons. The Morgan fingerprint density at radius 3 is 2.83 bits per heavy atom. The van der Waals surface area contributed by atoms with Gasteiger partial charge in [0, 0.05) is 0 Å². The van der Waals surface area contributed by atoms with Gasteiger partial charge in [-0.25, -0.2) is 4.79 Å². The maximum Gasteiger partial charge on any atom is 0.528 e. The van der Waals surface area contributed by atoms with E-state index in [-0.39, 0.29) is 5.72 Å². The first-order chi connectivity index (χ1) is 8.39. The van der Waals surface area contributed by atoms with Crippen LogP contribution in [0.1, 0.15) is 33.6 Å². The number of hydrogen-bond donors (Lipinski definition) is 1. The lowest BCUT2D eigenvalue weighted by Crippen LogP contribution is -2.57. The molecule has 0 radical (unpaired) electrons. The molecule has 2 fully saturated rings. The minimum absolute atomic E-state index is 0.347. The highest BCUT2D eigenvalue weighted by molar-refractivity contribution is 5.60. The van der Waals surface area contributed by atoms with Gasteiger partial charge in [-0.15, -0.1) is 5.06 Å². The molecule has 2 aliphatic rings. The Morgan fingerprint density at radius 2 is 2.22 bits per heavy atom. The number of nitrogens with one attached hydrogen (secondary N) is 1. The Hall–Kier alpha value is -0.850. The second-order valence-corrected chi connectivity index (χ2v) is 5.79. The molecule has 0 saturated carbocycles. The van der Waals surface area contributed by atoms with Crippen molar-refractivity contribution in [2.75, 3.05) is 26.2 Å². The van der Waals surface area contributed by atoms with Crippen molar-refractivity contribution < 1.29 is 19.1 Å². The van der Waals surface area contributed by atoms with Gasteiger partial charge in [0.2, 0.25) is 0 Å². The normalized spacial score (nSPS) is 29.5. The average molecular weight is 258 g/mol. The fourth-order valence-electron chi connectivity index (χ4n) is 2.24. The second-order valence-electron chi connectivity index (χ2n) is 5.79. The first kappa shape index (κ1) is 13.6. The maximum absolute atomic E-state index is 11.6. The number of hydrogen-bond acceptors (Lipinski definition) is 6. The van der Waals surface area contributed by atoms with Gasteiger partial charge in [0.15, 0.2) is 0 Å². The molecule has 0 amide bonds. The number of morpholine rings is 1. The lowest BCUT2D eigenvalue weighted by molar-refractivity contribution is -0.225. The number of nitrogens with zero attached hydrogens (tertiary/aromatic N) is 1. The van der Waals surface area contributed by atoms with Gasteiger partial charge >= 0.3 is 6.16 Å². The minimum atomic E-state index is -0.655. The highest BCUT2D eigenvalue weighted by atomic mass is 16.8. The molecule has 1 atom stereocenters. The van der Waals surface area contributed by atoms with E-state index in [9.17, 15) is 4.79 Å². The molecule has 0 aliphatic carbocycles. The van der Waals surface area contributed by atoms with Crippen LogP contribution in [0, 0.1) is 0 Å². The van der Waals surface area contributed by atoms with Crippen molar-refractivity contribution in [3.8, 4) is 0 Å². The Balaban J connectivity index is 1.84. The smallest absolute Gasteiger partial charge is 0.427 e. The predicted octanol–water partition coefficient (Wildman–Crippen LogP) is 1.26. The van der Waals surface area contributed by atoms with E-state index in [1.807, 2.05) is 20.8 Å². The molecule has 1 spiro atoms. The summed E-state index contributed by atoms with van der Waals surface area (Å²) >= 11 is 0. The van der Waals surface area contributed by atoms with Crippen molar-refractivity contribution in [1.29, 1.82) is 0 Å². The van der Waals surface area contributed by atoms with Crippen LogP contribution in [0.25, 0.3) is 0 Å². The summed E-state index contributed by atoms with van der Waals surface area (Å²) in [5, 5.41) is 4.95. The molecule has 2 rings (SSSR count). The number of ether oxygens (including phenoxy) is 2. The molecular formula is C12H22N2O4. The molecule has 1 N–H and O–H groups in total. The summed E-state index contributed by atoms with van der Waals surface area (Å²) < 4.78 is 10.9. The van der Waals surface area contributed by atoms with E-state index < -0.39 is 11.8 Å². The van der Waals surface area contributed by atoms with Crippen LogP contribution in [0.4, 0.5) is 4.79 Å². The van der Waals surface area contributed by atoms with Gasteiger partial charge in [0.05, 0.1) is 19.7 Å². The summed E-state index contributed by atoms with van der Waals surface area (Å²) in [6.45, 7) is 8.06. The SMILES string of the molecule is CC(C)(C)OC(=O)ON1CCOC2(CCCN2)C1. The van der Waals surface area contributed by atoms with E-state index in [4.69, 9.17) is 14.3 Å². The number of carbonyl (C=O) groups is 1. The van der Waals surface area contributed by atoms with Gasteiger partial charge in [-0.3, -0.25) is 5.32 Å².